The molecule has 0 bridgehead atoms. The van der Waals surface area contributed by atoms with Crippen LogP contribution in [0.5, 0.6) is 0 Å². The molecule has 6 nitrogen and oxygen atoms in total. The van der Waals surface area contributed by atoms with Crippen LogP contribution in [0.2, 0.25) is 0 Å². The molecule has 6 heteroatoms. The normalized spacial score (nSPS) is 11.0. The summed E-state index contributed by atoms with van der Waals surface area (Å²) in [4.78, 5) is 17.1. The number of hydrogen-bond acceptors (Lipinski definition) is 6. The summed E-state index contributed by atoms with van der Waals surface area (Å²) in [5.74, 6) is 0.436. The van der Waals surface area contributed by atoms with Gasteiger partial charge in [0.2, 0.25) is 5.95 Å². The Bertz CT molecular complexity index is 566. The molecule has 18 heavy (non-hydrogen) atoms. The number of aryl methyl sites for hydroxylation is 2. The van der Waals surface area contributed by atoms with Crippen LogP contribution in [-0.4, -0.2) is 19.9 Å². The van der Waals surface area contributed by atoms with Crippen molar-refractivity contribution in [2.45, 2.75) is 39.5 Å². The highest BCUT2D eigenvalue weighted by atomic mass is 15.1. The van der Waals surface area contributed by atoms with Crippen LogP contribution < -0.4 is 11.5 Å². The van der Waals surface area contributed by atoms with Gasteiger partial charge in [-0.25, -0.2) is 9.97 Å². The molecule has 0 aliphatic heterocycles. The molecule has 2 aromatic heterocycles. The van der Waals surface area contributed by atoms with E-state index in [-0.39, 0.29) is 5.95 Å². The summed E-state index contributed by atoms with van der Waals surface area (Å²) in [7, 11) is 0. The van der Waals surface area contributed by atoms with E-state index < -0.39 is 0 Å². The van der Waals surface area contributed by atoms with Crippen molar-refractivity contribution < 1.29 is 0 Å². The van der Waals surface area contributed by atoms with Crippen molar-refractivity contribution in [3.63, 3.8) is 0 Å². The van der Waals surface area contributed by atoms with Crippen molar-refractivity contribution in [3.8, 4) is 0 Å². The van der Waals surface area contributed by atoms with Gasteiger partial charge in [-0.3, -0.25) is 0 Å². The minimum atomic E-state index is 0.139. The molecule has 0 saturated carbocycles. The molecule has 0 radical (unpaired) electrons. The highest BCUT2D eigenvalue weighted by molar-refractivity contribution is 5.82. The molecule has 2 heterocycles. The number of hydrogen-bond donors (Lipinski definition) is 2. The maximum absolute atomic E-state index is 5.81. The van der Waals surface area contributed by atoms with E-state index in [1.807, 2.05) is 0 Å². The Morgan fingerprint density at radius 2 is 1.44 bits per heavy atom. The van der Waals surface area contributed by atoms with Gasteiger partial charge in [-0.2, -0.15) is 9.97 Å². The molecule has 4 N–H and O–H groups in total. The van der Waals surface area contributed by atoms with Crippen molar-refractivity contribution >= 4 is 22.9 Å². The first kappa shape index (κ1) is 12.5. The molecule has 0 spiro atoms. The van der Waals surface area contributed by atoms with E-state index in [4.69, 9.17) is 11.5 Å². The van der Waals surface area contributed by atoms with Crippen LogP contribution in [0.15, 0.2) is 0 Å². The summed E-state index contributed by atoms with van der Waals surface area (Å²) in [5, 5.41) is 0. The van der Waals surface area contributed by atoms with Crippen molar-refractivity contribution in [2.75, 3.05) is 11.5 Å². The lowest BCUT2D eigenvalue weighted by atomic mass is 10.1. The quantitative estimate of drug-likeness (QED) is 0.847. The predicted molar refractivity (Wildman–Crippen MR) is 71.9 cm³/mol. The van der Waals surface area contributed by atoms with E-state index in [9.17, 15) is 0 Å². The van der Waals surface area contributed by atoms with Gasteiger partial charge in [-0.15, -0.1) is 0 Å². The van der Waals surface area contributed by atoms with Crippen LogP contribution >= 0.6 is 0 Å². The first-order chi connectivity index (χ1) is 8.65. The number of nitrogens with zero attached hydrogens (tertiary/aromatic N) is 4. The zero-order chi connectivity index (χ0) is 13.1. The van der Waals surface area contributed by atoms with Crippen LogP contribution in [0.3, 0.4) is 0 Å². The molecule has 0 fully saturated rings. The second kappa shape index (κ2) is 5.12. The Hall–Kier alpha value is -1.98. The monoisotopic (exact) mass is 246 g/mol. The van der Waals surface area contributed by atoms with Crippen LogP contribution in [0, 0.1) is 0 Å². The minimum Gasteiger partial charge on any atom is -0.382 e. The maximum atomic E-state index is 5.81. The number of aromatic nitrogens is 4. The number of rotatable bonds is 4. The fourth-order valence-corrected chi connectivity index (χ4v) is 1.93. The first-order valence-electron chi connectivity index (χ1n) is 6.24. The van der Waals surface area contributed by atoms with Gasteiger partial charge in [0.25, 0.3) is 0 Å². The SMILES string of the molecule is CCCc1nc2nc(N)nc(N)c2nc1CCC. The molecule has 0 atom stereocenters. The van der Waals surface area contributed by atoms with E-state index in [2.05, 4.69) is 33.8 Å². The van der Waals surface area contributed by atoms with E-state index in [1.165, 1.54) is 0 Å². The van der Waals surface area contributed by atoms with E-state index in [0.29, 0.717) is 17.0 Å². The molecule has 0 aromatic carbocycles. The number of fused-ring (bicyclic) bond motifs is 1. The van der Waals surface area contributed by atoms with Crippen LogP contribution in [-0.2, 0) is 12.8 Å². The summed E-state index contributed by atoms with van der Waals surface area (Å²) in [5.41, 5.74) is 14.4. The zero-order valence-corrected chi connectivity index (χ0v) is 10.8. The molecule has 0 unspecified atom stereocenters. The Morgan fingerprint density at radius 3 is 2.06 bits per heavy atom. The first-order valence-corrected chi connectivity index (χ1v) is 6.24. The molecular formula is C12H18N6. The number of nitrogens with two attached hydrogens (primary N) is 2. The van der Waals surface area contributed by atoms with Gasteiger partial charge in [0.1, 0.15) is 0 Å². The topological polar surface area (TPSA) is 104 Å². The highest BCUT2D eigenvalue weighted by Crippen LogP contribution is 2.18. The van der Waals surface area contributed by atoms with Gasteiger partial charge in [-0.1, -0.05) is 26.7 Å². The largest absolute Gasteiger partial charge is 0.382 e. The third-order valence-electron chi connectivity index (χ3n) is 2.70. The smallest absolute Gasteiger partial charge is 0.224 e. The van der Waals surface area contributed by atoms with Gasteiger partial charge in [0, 0.05) is 0 Å². The van der Waals surface area contributed by atoms with Gasteiger partial charge in [0.05, 0.1) is 11.4 Å². The second-order valence-electron chi connectivity index (χ2n) is 4.26. The van der Waals surface area contributed by atoms with Gasteiger partial charge in [-0.05, 0) is 12.8 Å². The predicted octanol–water partition coefficient (Wildman–Crippen LogP) is 1.49. The highest BCUT2D eigenvalue weighted by Gasteiger charge is 2.12. The van der Waals surface area contributed by atoms with Crippen LogP contribution in [0.25, 0.3) is 11.2 Å². The Kier molecular flexibility index (Phi) is 3.55. The molecule has 2 rings (SSSR count). The number of nitrogen functional groups attached to an aromatic ring is 2. The lowest BCUT2D eigenvalue weighted by Crippen LogP contribution is -2.08. The zero-order valence-electron chi connectivity index (χ0n) is 10.8. The van der Waals surface area contributed by atoms with Gasteiger partial charge < -0.3 is 11.5 Å². The summed E-state index contributed by atoms with van der Waals surface area (Å²) in [6, 6.07) is 0. The third kappa shape index (κ3) is 2.32. The van der Waals surface area contributed by atoms with Crippen molar-refractivity contribution in [1.82, 2.24) is 19.9 Å². The lowest BCUT2D eigenvalue weighted by molar-refractivity contribution is 0.806. The van der Waals surface area contributed by atoms with E-state index in [1.54, 1.807) is 0 Å². The Labute approximate surface area is 106 Å². The van der Waals surface area contributed by atoms with Crippen molar-refractivity contribution in [3.05, 3.63) is 11.4 Å². The van der Waals surface area contributed by atoms with Crippen molar-refractivity contribution in [2.24, 2.45) is 0 Å². The molecular weight excluding hydrogens is 228 g/mol. The fraction of sp³-hybridized carbons (Fsp3) is 0.500. The molecule has 0 amide bonds. The minimum absolute atomic E-state index is 0.139. The molecule has 2 aromatic rings. The Morgan fingerprint density at radius 1 is 0.833 bits per heavy atom. The third-order valence-corrected chi connectivity index (χ3v) is 2.70. The fourth-order valence-electron chi connectivity index (χ4n) is 1.93. The van der Waals surface area contributed by atoms with Gasteiger partial charge in [0.15, 0.2) is 17.0 Å². The lowest BCUT2D eigenvalue weighted by Gasteiger charge is -2.09. The average molecular weight is 246 g/mol. The molecule has 0 saturated heterocycles. The molecule has 0 aliphatic rings. The van der Waals surface area contributed by atoms with Crippen molar-refractivity contribution in [1.29, 1.82) is 0 Å². The van der Waals surface area contributed by atoms with Crippen LogP contribution in [0.4, 0.5) is 11.8 Å². The second-order valence-corrected chi connectivity index (χ2v) is 4.26. The summed E-state index contributed by atoms with van der Waals surface area (Å²) in [6.07, 6.45) is 3.82. The van der Waals surface area contributed by atoms with Gasteiger partial charge >= 0.3 is 0 Å². The Balaban J connectivity index is 2.63. The standard InChI is InChI=1S/C12H18N6/c1-3-5-7-8(6-4-2)16-11-9(15-7)10(13)17-12(14)18-11/h3-6H2,1-2H3,(H4,13,14,16,17,18). The average Bonchev–Trinajstić information content (AvgIpc) is 2.31. The summed E-state index contributed by atoms with van der Waals surface area (Å²) >= 11 is 0. The number of anilines is 2. The maximum Gasteiger partial charge on any atom is 0.224 e. The summed E-state index contributed by atoms with van der Waals surface area (Å²) < 4.78 is 0. The van der Waals surface area contributed by atoms with Crippen LogP contribution in [0.1, 0.15) is 38.1 Å². The van der Waals surface area contributed by atoms with E-state index >= 15 is 0 Å². The molecule has 0 aliphatic carbocycles. The summed E-state index contributed by atoms with van der Waals surface area (Å²) in [6.45, 7) is 4.23. The van der Waals surface area contributed by atoms with E-state index in [0.717, 1.165) is 37.1 Å². The molecule has 96 valence electrons.